The van der Waals surface area contributed by atoms with Crippen molar-refractivity contribution in [3.05, 3.63) is 53.5 Å². The summed E-state index contributed by atoms with van der Waals surface area (Å²) in [5.41, 5.74) is 0.549. The molecule has 0 spiro atoms. The van der Waals surface area contributed by atoms with Gasteiger partial charge in [0.15, 0.2) is 4.98 Å². The summed E-state index contributed by atoms with van der Waals surface area (Å²) in [4.78, 5) is 3.02. The third kappa shape index (κ3) is 3.10. The van der Waals surface area contributed by atoms with Crippen LogP contribution in [0.3, 0.4) is 0 Å². The van der Waals surface area contributed by atoms with E-state index in [0.29, 0.717) is 0 Å². The van der Waals surface area contributed by atoms with Crippen molar-refractivity contribution in [3.63, 3.8) is 0 Å². The number of nitrogens with zero attached hydrogens (tertiary/aromatic N) is 3. The summed E-state index contributed by atoms with van der Waals surface area (Å²) in [6, 6.07) is 12.2. The van der Waals surface area contributed by atoms with E-state index in [1.54, 1.807) is 18.2 Å². The number of diazo groups is 1. The highest BCUT2D eigenvalue weighted by Crippen LogP contribution is 2.35. The second-order valence-corrected chi connectivity index (χ2v) is 5.29. The van der Waals surface area contributed by atoms with E-state index in [2.05, 4.69) is 4.98 Å². The van der Waals surface area contributed by atoms with E-state index >= 15 is 0 Å². The number of benzene rings is 2. The number of methoxy groups -OCH3 is 1. The first-order valence-corrected chi connectivity index (χ1v) is 7.23. The molecule has 0 aromatic heterocycles. The average molecular weight is 306 g/mol. The zero-order valence-electron chi connectivity index (χ0n) is 11.0. The normalized spacial score (nSPS) is 10.7. The first-order valence-electron chi connectivity index (χ1n) is 5.83. The van der Waals surface area contributed by atoms with Crippen LogP contribution in [0.2, 0.25) is 0 Å². The predicted octanol–water partition coefficient (Wildman–Crippen LogP) is 3.12. The zero-order valence-corrected chi connectivity index (χ0v) is 11.9. The third-order valence-corrected chi connectivity index (χ3v) is 3.61. The molecule has 0 aliphatic carbocycles. The maximum atomic E-state index is 11.7. The lowest BCUT2D eigenvalue weighted by Crippen LogP contribution is -2.25. The molecular weight excluding hydrogens is 294 g/mol. The highest BCUT2D eigenvalue weighted by molar-refractivity contribution is 7.87. The van der Waals surface area contributed by atoms with Gasteiger partial charge in [-0.15, -0.1) is 0 Å². The largest absolute Gasteiger partial charge is 0.489 e. The van der Waals surface area contributed by atoms with Crippen LogP contribution in [-0.2, 0) is 10.3 Å². The summed E-state index contributed by atoms with van der Waals surface area (Å²) >= 11 is 0. The molecule has 0 heterocycles. The Morgan fingerprint density at radius 2 is 1.81 bits per heavy atom. The van der Waals surface area contributed by atoms with E-state index < -0.39 is 10.3 Å². The molecule has 21 heavy (non-hydrogen) atoms. The molecule has 7 nitrogen and oxygen atoms in total. The summed E-state index contributed by atoms with van der Waals surface area (Å²) in [7, 11) is -3.18. The molecule has 0 unspecified atom stereocenters. The third-order valence-electron chi connectivity index (χ3n) is 2.73. The molecule has 0 radical (unpaired) electrons. The Morgan fingerprint density at radius 3 is 2.33 bits per heavy atom. The van der Waals surface area contributed by atoms with E-state index in [9.17, 15) is 13.0 Å². The number of hydrogen-bond acceptors (Lipinski definition) is 4. The summed E-state index contributed by atoms with van der Waals surface area (Å²) in [6.45, 7) is 0. The Hall–Kier alpha value is -2.63. The standard InChI is InChI=1S/C13H11N3O4S/c1-20-13-9-11(7-8-12(13)15-14)16(21(17,18)19)10-5-3-2-4-6-10/h2-9H,1H3/p+1. The average Bonchev–Trinajstić information content (AvgIpc) is 2.47. The molecule has 108 valence electrons. The molecule has 2 rings (SSSR count). The number of anilines is 2. The van der Waals surface area contributed by atoms with Crippen molar-refractivity contribution in [1.29, 1.82) is 5.39 Å². The van der Waals surface area contributed by atoms with Crippen LogP contribution in [0.15, 0.2) is 48.5 Å². The molecule has 8 heteroatoms. The van der Waals surface area contributed by atoms with Gasteiger partial charge in [-0.3, -0.25) is 4.55 Å². The molecule has 2 aromatic rings. The maximum Gasteiger partial charge on any atom is 0.426 e. The van der Waals surface area contributed by atoms with Crippen molar-refractivity contribution >= 4 is 27.4 Å². The highest BCUT2D eigenvalue weighted by atomic mass is 32.2. The van der Waals surface area contributed by atoms with Crippen molar-refractivity contribution in [2.75, 3.05) is 11.4 Å². The number of para-hydroxylation sites is 1. The molecule has 0 amide bonds. The first-order chi connectivity index (χ1) is 9.97. The van der Waals surface area contributed by atoms with Gasteiger partial charge in [-0.1, -0.05) is 18.2 Å². The quantitative estimate of drug-likeness (QED) is 0.691. The zero-order chi connectivity index (χ0) is 15.5. The molecule has 1 N–H and O–H groups in total. The van der Waals surface area contributed by atoms with Crippen LogP contribution in [0.1, 0.15) is 0 Å². The molecule has 2 aromatic carbocycles. The Morgan fingerprint density at radius 1 is 1.14 bits per heavy atom. The van der Waals surface area contributed by atoms with Gasteiger partial charge in [0.2, 0.25) is 11.1 Å². The van der Waals surface area contributed by atoms with Crippen LogP contribution < -0.4 is 9.04 Å². The summed E-state index contributed by atoms with van der Waals surface area (Å²) in [6.07, 6.45) is 0. The maximum absolute atomic E-state index is 11.7. The van der Waals surface area contributed by atoms with Crippen LogP contribution in [-0.4, -0.2) is 20.1 Å². The van der Waals surface area contributed by atoms with E-state index in [1.807, 2.05) is 0 Å². The van der Waals surface area contributed by atoms with Gasteiger partial charge >= 0.3 is 16.0 Å². The second kappa shape index (κ2) is 5.78. The van der Waals surface area contributed by atoms with Crippen LogP contribution in [0, 0.1) is 5.39 Å². The molecule has 0 saturated heterocycles. The SMILES string of the molecule is COc1cc(N(c2ccccc2)S(=O)(=O)O)ccc1[N+]#N. The molecule has 0 fully saturated rings. The topological polar surface area (TPSA) is 95.0 Å². The molecule has 0 bridgehead atoms. The van der Waals surface area contributed by atoms with Crippen molar-refractivity contribution in [2.24, 2.45) is 0 Å². The van der Waals surface area contributed by atoms with Gasteiger partial charge in [-0.25, -0.2) is 4.31 Å². The minimum atomic E-state index is -4.53. The monoisotopic (exact) mass is 306 g/mol. The number of ether oxygens (including phenoxy) is 1. The van der Waals surface area contributed by atoms with Crippen molar-refractivity contribution in [3.8, 4) is 5.75 Å². The smallest absolute Gasteiger partial charge is 0.426 e. The Bertz CT molecular complexity index is 785. The molecular formula is C13H12N3O4S+. The molecule has 0 saturated carbocycles. The first kappa shape index (κ1) is 14.8. The van der Waals surface area contributed by atoms with Gasteiger partial charge in [0.25, 0.3) is 0 Å². The second-order valence-electron chi connectivity index (χ2n) is 4.03. The Balaban J connectivity index is 2.62. The van der Waals surface area contributed by atoms with E-state index in [4.69, 9.17) is 10.1 Å². The number of rotatable bonds is 4. The molecule has 0 aliphatic heterocycles. The van der Waals surface area contributed by atoms with Gasteiger partial charge < -0.3 is 4.74 Å². The fourth-order valence-electron chi connectivity index (χ4n) is 1.85. The molecule has 0 atom stereocenters. The van der Waals surface area contributed by atoms with Crippen LogP contribution in [0.25, 0.3) is 4.98 Å². The minimum Gasteiger partial charge on any atom is -0.489 e. The fourth-order valence-corrected chi connectivity index (χ4v) is 2.62. The predicted molar refractivity (Wildman–Crippen MR) is 77.9 cm³/mol. The lowest BCUT2D eigenvalue weighted by Gasteiger charge is -2.20. The van der Waals surface area contributed by atoms with E-state index in [0.717, 1.165) is 4.31 Å². The Labute approximate surface area is 121 Å². The fraction of sp³-hybridized carbons (Fsp3) is 0.0769. The lowest BCUT2D eigenvalue weighted by molar-refractivity contribution is 0.417. The van der Waals surface area contributed by atoms with E-state index in [1.165, 1.54) is 37.4 Å². The van der Waals surface area contributed by atoms with Gasteiger partial charge in [0.05, 0.1) is 18.5 Å². The van der Waals surface area contributed by atoms with Crippen molar-refractivity contribution in [1.82, 2.24) is 0 Å². The summed E-state index contributed by atoms with van der Waals surface area (Å²) in [5, 5.41) is 8.82. The van der Waals surface area contributed by atoms with Crippen molar-refractivity contribution in [2.45, 2.75) is 0 Å². The molecule has 0 aliphatic rings. The van der Waals surface area contributed by atoms with Gasteiger partial charge in [0, 0.05) is 12.1 Å². The Kier molecular flexibility index (Phi) is 4.07. The van der Waals surface area contributed by atoms with E-state index in [-0.39, 0.29) is 22.8 Å². The highest BCUT2D eigenvalue weighted by Gasteiger charge is 2.25. The summed E-state index contributed by atoms with van der Waals surface area (Å²) in [5.74, 6) is 0.166. The van der Waals surface area contributed by atoms with Crippen LogP contribution in [0.5, 0.6) is 5.75 Å². The number of hydrogen-bond donors (Lipinski definition) is 1. The minimum absolute atomic E-state index is 0.143. The van der Waals surface area contributed by atoms with Crippen LogP contribution in [0.4, 0.5) is 17.1 Å². The lowest BCUT2D eigenvalue weighted by atomic mass is 10.2. The van der Waals surface area contributed by atoms with Gasteiger partial charge in [-0.05, 0) is 18.2 Å². The van der Waals surface area contributed by atoms with Gasteiger partial charge in [0.1, 0.15) is 0 Å². The van der Waals surface area contributed by atoms with Crippen LogP contribution >= 0.6 is 0 Å². The van der Waals surface area contributed by atoms with Crippen molar-refractivity contribution < 1.29 is 17.7 Å². The van der Waals surface area contributed by atoms with Gasteiger partial charge in [-0.2, -0.15) is 8.42 Å². The summed E-state index contributed by atoms with van der Waals surface area (Å²) < 4.78 is 38.5.